The summed E-state index contributed by atoms with van der Waals surface area (Å²) in [5, 5.41) is -0.315. The van der Waals surface area contributed by atoms with Gasteiger partial charge < -0.3 is 4.74 Å². The molecule has 0 aliphatic heterocycles. The summed E-state index contributed by atoms with van der Waals surface area (Å²) in [4.78, 5) is 3.28. The van der Waals surface area contributed by atoms with Crippen LogP contribution in [0.15, 0.2) is 41.3 Å². The Hall–Kier alpha value is -1.71. The van der Waals surface area contributed by atoms with E-state index in [-0.39, 0.29) is 20.9 Å². The summed E-state index contributed by atoms with van der Waals surface area (Å²) < 4.78 is 66.3. The first-order chi connectivity index (χ1) is 10.6. The maximum absolute atomic E-state index is 12.2. The Bertz CT molecular complexity index is 811. The molecule has 0 aliphatic carbocycles. The maximum Gasteiger partial charge on any atom is 0.573 e. The zero-order valence-electron chi connectivity index (χ0n) is 10.9. The second-order valence-corrected chi connectivity index (χ2v) is 6.50. The zero-order chi connectivity index (χ0) is 17.3. The van der Waals surface area contributed by atoms with Crippen LogP contribution in [-0.2, 0) is 10.0 Å². The smallest absolute Gasteiger partial charge is 0.406 e. The number of alkyl halides is 3. The lowest BCUT2D eigenvalue weighted by Gasteiger charge is -2.11. The molecule has 124 valence electrons. The molecule has 0 saturated carbocycles. The number of anilines is 1. The predicted octanol–water partition coefficient (Wildman–Crippen LogP) is 4.09. The fourth-order valence-electron chi connectivity index (χ4n) is 1.53. The third-order valence-electron chi connectivity index (χ3n) is 2.41. The summed E-state index contributed by atoms with van der Waals surface area (Å²) in [6, 6.07) is 6.54. The molecule has 0 atom stereocenters. The molecule has 1 heterocycles. The number of hydrogen-bond acceptors (Lipinski definition) is 4. The molecule has 1 aromatic carbocycles. The third kappa shape index (κ3) is 4.88. The lowest BCUT2D eigenvalue weighted by atomic mass is 10.3. The van der Waals surface area contributed by atoms with E-state index in [1.54, 1.807) is 0 Å². The van der Waals surface area contributed by atoms with Crippen molar-refractivity contribution in [1.29, 1.82) is 0 Å². The highest BCUT2D eigenvalue weighted by Crippen LogP contribution is 2.26. The Labute approximate surface area is 139 Å². The molecule has 0 fully saturated rings. The molecule has 0 radical (unpaired) electrons. The number of nitrogens with one attached hydrogen (secondary N) is 1. The molecule has 0 spiro atoms. The number of pyridine rings is 1. The van der Waals surface area contributed by atoms with Crippen LogP contribution in [0.3, 0.4) is 0 Å². The molecule has 5 nitrogen and oxygen atoms in total. The van der Waals surface area contributed by atoms with Crippen LogP contribution in [0.2, 0.25) is 10.3 Å². The highest BCUT2D eigenvalue weighted by Gasteiger charge is 2.31. The Kier molecular flexibility index (Phi) is 4.92. The van der Waals surface area contributed by atoms with Gasteiger partial charge in [0, 0.05) is 5.69 Å². The van der Waals surface area contributed by atoms with Gasteiger partial charge in [-0.1, -0.05) is 23.2 Å². The van der Waals surface area contributed by atoms with Crippen molar-refractivity contribution in [2.45, 2.75) is 11.3 Å². The standard InChI is InChI=1S/C12H7Cl2F3N2O3S/c13-10-6-5-9(11(14)18-10)23(20,21)19-7-1-3-8(4-2-7)22-12(15,16)17/h1-6,19H. The van der Waals surface area contributed by atoms with Crippen LogP contribution in [0.1, 0.15) is 0 Å². The molecule has 11 heteroatoms. The van der Waals surface area contributed by atoms with E-state index in [4.69, 9.17) is 23.2 Å². The highest BCUT2D eigenvalue weighted by molar-refractivity contribution is 7.92. The average Bonchev–Trinajstić information content (AvgIpc) is 2.38. The largest absolute Gasteiger partial charge is 0.573 e. The third-order valence-corrected chi connectivity index (χ3v) is 4.43. The number of benzene rings is 1. The first-order valence-corrected chi connectivity index (χ1v) is 8.01. The minimum Gasteiger partial charge on any atom is -0.406 e. The molecule has 23 heavy (non-hydrogen) atoms. The van der Waals surface area contributed by atoms with Crippen LogP contribution in [0.25, 0.3) is 0 Å². The van der Waals surface area contributed by atoms with Gasteiger partial charge in [0.25, 0.3) is 10.0 Å². The summed E-state index contributed by atoms with van der Waals surface area (Å²) in [6.07, 6.45) is -4.83. The Morgan fingerprint density at radius 1 is 1.04 bits per heavy atom. The number of halogens is 5. The van der Waals surface area contributed by atoms with Crippen molar-refractivity contribution in [2.24, 2.45) is 0 Å². The molecule has 2 aromatic rings. The van der Waals surface area contributed by atoms with Gasteiger partial charge in [-0.2, -0.15) is 0 Å². The molecule has 0 saturated heterocycles. The van der Waals surface area contributed by atoms with Crippen LogP contribution < -0.4 is 9.46 Å². The summed E-state index contributed by atoms with van der Waals surface area (Å²) in [5.41, 5.74) is 0.0190. The Balaban J connectivity index is 2.21. The van der Waals surface area contributed by atoms with E-state index >= 15 is 0 Å². The molecule has 1 N–H and O–H groups in total. The van der Waals surface area contributed by atoms with Crippen molar-refractivity contribution in [3.05, 3.63) is 46.7 Å². The molecule has 0 amide bonds. The van der Waals surface area contributed by atoms with Gasteiger partial charge in [-0.3, -0.25) is 4.72 Å². The normalized spacial score (nSPS) is 12.0. The fraction of sp³-hybridized carbons (Fsp3) is 0.0833. The first kappa shape index (κ1) is 17.6. The van der Waals surface area contributed by atoms with Crippen molar-refractivity contribution in [1.82, 2.24) is 4.98 Å². The lowest BCUT2D eigenvalue weighted by molar-refractivity contribution is -0.274. The summed E-state index contributed by atoms with van der Waals surface area (Å²) in [5.74, 6) is -0.480. The van der Waals surface area contributed by atoms with Crippen molar-refractivity contribution in [2.75, 3.05) is 4.72 Å². The quantitative estimate of drug-likeness (QED) is 0.803. The van der Waals surface area contributed by atoms with E-state index in [0.717, 1.165) is 30.3 Å². The second kappa shape index (κ2) is 6.42. The number of rotatable bonds is 4. The highest BCUT2D eigenvalue weighted by atomic mass is 35.5. The van der Waals surface area contributed by atoms with Crippen molar-refractivity contribution in [3.63, 3.8) is 0 Å². The van der Waals surface area contributed by atoms with Crippen LogP contribution in [0.5, 0.6) is 5.75 Å². The van der Waals surface area contributed by atoms with Gasteiger partial charge in [-0.25, -0.2) is 13.4 Å². The van der Waals surface area contributed by atoms with E-state index in [0.29, 0.717) is 0 Å². The van der Waals surface area contributed by atoms with E-state index in [2.05, 4.69) is 14.4 Å². The number of hydrogen-bond donors (Lipinski definition) is 1. The average molecular weight is 387 g/mol. The van der Waals surface area contributed by atoms with Crippen molar-refractivity contribution >= 4 is 38.9 Å². The minimum atomic E-state index is -4.83. The van der Waals surface area contributed by atoms with Gasteiger partial charge in [-0.15, -0.1) is 13.2 Å². The number of aromatic nitrogens is 1. The molecule has 0 aliphatic rings. The van der Waals surface area contributed by atoms with Gasteiger partial charge in [0.15, 0.2) is 5.15 Å². The molecular weight excluding hydrogens is 380 g/mol. The predicted molar refractivity (Wildman–Crippen MR) is 78.2 cm³/mol. The summed E-state index contributed by atoms with van der Waals surface area (Å²) >= 11 is 11.3. The van der Waals surface area contributed by atoms with E-state index in [1.807, 2.05) is 0 Å². The van der Waals surface area contributed by atoms with Crippen LogP contribution >= 0.6 is 23.2 Å². The van der Waals surface area contributed by atoms with E-state index < -0.39 is 22.1 Å². The van der Waals surface area contributed by atoms with Crippen molar-refractivity contribution < 1.29 is 26.3 Å². The minimum absolute atomic E-state index is 0.0163. The van der Waals surface area contributed by atoms with Gasteiger partial charge in [-0.05, 0) is 36.4 Å². The summed E-state index contributed by atoms with van der Waals surface area (Å²) in [6.45, 7) is 0. The lowest BCUT2D eigenvalue weighted by Crippen LogP contribution is -2.17. The van der Waals surface area contributed by atoms with Crippen LogP contribution in [0.4, 0.5) is 18.9 Å². The van der Waals surface area contributed by atoms with E-state index in [1.165, 1.54) is 6.07 Å². The molecule has 0 unspecified atom stereocenters. The summed E-state index contributed by atoms with van der Waals surface area (Å²) in [7, 11) is -4.07. The van der Waals surface area contributed by atoms with Gasteiger partial charge in [0.1, 0.15) is 15.8 Å². The monoisotopic (exact) mass is 386 g/mol. The Morgan fingerprint density at radius 2 is 1.65 bits per heavy atom. The number of ether oxygens (including phenoxy) is 1. The molecule has 1 aromatic heterocycles. The zero-order valence-corrected chi connectivity index (χ0v) is 13.3. The fourth-order valence-corrected chi connectivity index (χ4v) is 3.26. The SMILES string of the molecule is O=S(=O)(Nc1ccc(OC(F)(F)F)cc1)c1ccc(Cl)nc1Cl. The first-order valence-electron chi connectivity index (χ1n) is 5.77. The second-order valence-electron chi connectivity index (χ2n) is 4.10. The van der Waals surface area contributed by atoms with Crippen LogP contribution in [-0.4, -0.2) is 19.8 Å². The van der Waals surface area contributed by atoms with Gasteiger partial charge >= 0.3 is 6.36 Å². The topological polar surface area (TPSA) is 68.3 Å². The van der Waals surface area contributed by atoms with E-state index in [9.17, 15) is 21.6 Å². The molecular formula is C12H7Cl2F3N2O3S. The Morgan fingerprint density at radius 3 is 2.17 bits per heavy atom. The maximum atomic E-state index is 12.2. The molecule has 0 bridgehead atoms. The number of nitrogens with zero attached hydrogens (tertiary/aromatic N) is 1. The molecule has 2 rings (SSSR count). The van der Waals surface area contributed by atoms with Crippen LogP contribution in [0, 0.1) is 0 Å². The van der Waals surface area contributed by atoms with Gasteiger partial charge in [0.05, 0.1) is 0 Å². The van der Waals surface area contributed by atoms with Crippen molar-refractivity contribution in [3.8, 4) is 5.75 Å². The van der Waals surface area contributed by atoms with Gasteiger partial charge in [0.2, 0.25) is 0 Å². The number of sulfonamides is 1.